The average molecular weight is 416 g/mol. The second kappa shape index (κ2) is 8.29. The average Bonchev–Trinajstić information content (AvgIpc) is 2.63. The molecule has 2 aromatic carbocycles. The molecule has 1 aromatic heterocycles. The minimum atomic E-state index is -3.17. The number of hydrogen-bond donors (Lipinski definition) is 1. The van der Waals surface area contributed by atoms with Crippen LogP contribution in [0, 0.1) is 6.92 Å². The maximum Gasteiger partial charge on any atom is 0.220 e. The number of aromatic nitrogens is 2. The molecule has 0 atom stereocenters. The molecule has 146 valence electrons. The Morgan fingerprint density at radius 2 is 1.75 bits per heavy atom. The predicted octanol–water partition coefficient (Wildman–Crippen LogP) is 4.27. The number of nitrogen functional groups attached to an aromatic ring is 1. The van der Waals surface area contributed by atoms with Crippen LogP contribution in [-0.4, -0.2) is 24.6 Å². The topological polar surface area (TPSA) is 85.9 Å². The summed E-state index contributed by atoms with van der Waals surface area (Å²) in [6, 6.07) is 14.7. The van der Waals surface area contributed by atoms with Crippen molar-refractivity contribution in [3.05, 3.63) is 70.4 Å². The van der Waals surface area contributed by atoms with Gasteiger partial charge in [-0.2, -0.15) is 0 Å². The largest absolute Gasteiger partial charge is 0.368 e. The van der Waals surface area contributed by atoms with Crippen LogP contribution >= 0.6 is 11.6 Å². The number of benzene rings is 2. The second-order valence-electron chi connectivity index (χ2n) is 6.78. The molecule has 28 heavy (non-hydrogen) atoms. The van der Waals surface area contributed by atoms with Crippen LogP contribution in [0.5, 0.6) is 0 Å². The van der Waals surface area contributed by atoms with E-state index in [1.54, 1.807) is 12.1 Å². The monoisotopic (exact) mass is 415 g/mol. The van der Waals surface area contributed by atoms with Crippen LogP contribution < -0.4 is 5.73 Å². The maximum atomic E-state index is 11.5. The standard InChI is InChI=1S/C21H22ClN3O2S/c1-14-18(7-4-8-19(14)22)20-13-16(24-21(23)25-20)6-3-5-15-9-11-17(12-10-15)28(2,26)27/h4,7-13H,3,5-6H2,1-2H3,(H2,23,24,25). The van der Waals surface area contributed by atoms with Crippen molar-refractivity contribution in [3.8, 4) is 11.3 Å². The molecule has 3 rings (SSSR count). The summed E-state index contributed by atoms with van der Waals surface area (Å²) in [7, 11) is -3.17. The van der Waals surface area contributed by atoms with Crippen LogP contribution in [-0.2, 0) is 22.7 Å². The van der Waals surface area contributed by atoms with Crippen LogP contribution in [0.2, 0.25) is 5.02 Å². The van der Waals surface area contributed by atoms with Gasteiger partial charge in [0.05, 0.1) is 10.6 Å². The number of sulfone groups is 1. The SMILES string of the molecule is Cc1c(Cl)cccc1-c1cc(CCCc2ccc(S(C)(=O)=O)cc2)nc(N)n1. The molecule has 0 bridgehead atoms. The molecule has 0 saturated carbocycles. The normalized spacial score (nSPS) is 11.5. The molecule has 0 aliphatic carbocycles. The summed E-state index contributed by atoms with van der Waals surface area (Å²) in [6.07, 6.45) is 3.63. The number of aryl methyl sites for hydroxylation is 2. The molecule has 1 heterocycles. The molecule has 0 amide bonds. The van der Waals surface area contributed by atoms with Crippen LogP contribution in [0.3, 0.4) is 0 Å². The number of hydrogen-bond acceptors (Lipinski definition) is 5. The number of nitrogens with zero attached hydrogens (tertiary/aromatic N) is 2. The van der Waals surface area contributed by atoms with E-state index in [0.717, 1.165) is 47.3 Å². The zero-order valence-electron chi connectivity index (χ0n) is 15.8. The van der Waals surface area contributed by atoms with Crippen molar-refractivity contribution in [3.63, 3.8) is 0 Å². The zero-order chi connectivity index (χ0) is 20.3. The van der Waals surface area contributed by atoms with Gasteiger partial charge in [0.15, 0.2) is 9.84 Å². The van der Waals surface area contributed by atoms with Crippen LogP contribution in [0.1, 0.15) is 23.2 Å². The summed E-state index contributed by atoms with van der Waals surface area (Å²) in [5, 5.41) is 0.689. The quantitative estimate of drug-likeness (QED) is 0.649. The molecular formula is C21H22ClN3O2S. The number of anilines is 1. The van der Waals surface area contributed by atoms with Crippen LogP contribution in [0.25, 0.3) is 11.3 Å². The maximum absolute atomic E-state index is 11.5. The smallest absolute Gasteiger partial charge is 0.220 e. The first-order valence-electron chi connectivity index (χ1n) is 8.92. The van der Waals surface area contributed by atoms with Gasteiger partial charge in [0, 0.05) is 22.5 Å². The molecule has 0 spiro atoms. The predicted molar refractivity (Wildman–Crippen MR) is 113 cm³/mol. The fourth-order valence-electron chi connectivity index (χ4n) is 3.05. The van der Waals surface area contributed by atoms with Gasteiger partial charge in [-0.1, -0.05) is 35.9 Å². The molecule has 7 heteroatoms. The van der Waals surface area contributed by atoms with Gasteiger partial charge in [0.1, 0.15) is 0 Å². The number of rotatable bonds is 6. The molecule has 0 radical (unpaired) electrons. The molecule has 3 aromatic rings. The van der Waals surface area contributed by atoms with E-state index in [9.17, 15) is 8.42 Å². The number of halogens is 1. The Morgan fingerprint density at radius 3 is 2.43 bits per heavy atom. The fourth-order valence-corrected chi connectivity index (χ4v) is 3.85. The van der Waals surface area contributed by atoms with Crippen molar-refractivity contribution >= 4 is 27.4 Å². The number of nitrogens with two attached hydrogens (primary N) is 1. The molecule has 0 unspecified atom stereocenters. The summed E-state index contributed by atoms with van der Waals surface area (Å²) >= 11 is 6.22. The molecular weight excluding hydrogens is 394 g/mol. The third-order valence-corrected chi connectivity index (χ3v) is 6.13. The Morgan fingerprint density at radius 1 is 1.04 bits per heavy atom. The summed E-state index contributed by atoms with van der Waals surface area (Å²) in [5.41, 5.74) is 10.5. The fraction of sp³-hybridized carbons (Fsp3) is 0.238. The molecule has 0 fully saturated rings. The highest BCUT2D eigenvalue weighted by Crippen LogP contribution is 2.28. The molecule has 0 aliphatic heterocycles. The first-order valence-corrected chi connectivity index (χ1v) is 11.2. The highest BCUT2D eigenvalue weighted by molar-refractivity contribution is 7.90. The van der Waals surface area contributed by atoms with Crippen molar-refractivity contribution in [2.24, 2.45) is 0 Å². The van der Waals surface area contributed by atoms with E-state index in [0.29, 0.717) is 9.92 Å². The lowest BCUT2D eigenvalue weighted by atomic mass is 10.0. The van der Waals surface area contributed by atoms with E-state index < -0.39 is 9.84 Å². The van der Waals surface area contributed by atoms with Gasteiger partial charge in [-0.15, -0.1) is 0 Å². The van der Waals surface area contributed by atoms with Gasteiger partial charge in [0.2, 0.25) is 5.95 Å². The Kier molecular flexibility index (Phi) is 6.01. The Hall–Kier alpha value is -2.44. The van der Waals surface area contributed by atoms with E-state index in [1.807, 2.05) is 43.3 Å². The van der Waals surface area contributed by atoms with Gasteiger partial charge in [0.25, 0.3) is 0 Å². The highest BCUT2D eigenvalue weighted by atomic mass is 35.5. The minimum Gasteiger partial charge on any atom is -0.368 e. The van der Waals surface area contributed by atoms with Crippen molar-refractivity contribution in [2.75, 3.05) is 12.0 Å². The molecule has 0 aliphatic rings. The Bertz CT molecular complexity index is 1100. The van der Waals surface area contributed by atoms with Crippen LogP contribution in [0.4, 0.5) is 5.95 Å². The van der Waals surface area contributed by atoms with Gasteiger partial charge < -0.3 is 5.73 Å². The lowest BCUT2D eigenvalue weighted by molar-refractivity contribution is 0.602. The lowest BCUT2D eigenvalue weighted by Crippen LogP contribution is -2.02. The molecule has 5 nitrogen and oxygen atoms in total. The summed E-state index contributed by atoms with van der Waals surface area (Å²) in [5.74, 6) is 0.240. The summed E-state index contributed by atoms with van der Waals surface area (Å²) in [4.78, 5) is 9.03. The van der Waals surface area contributed by atoms with Crippen molar-refractivity contribution in [2.45, 2.75) is 31.1 Å². The zero-order valence-corrected chi connectivity index (χ0v) is 17.4. The third-order valence-electron chi connectivity index (χ3n) is 4.59. The van der Waals surface area contributed by atoms with Crippen molar-refractivity contribution < 1.29 is 8.42 Å². The van der Waals surface area contributed by atoms with Crippen molar-refractivity contribution in [1.82, 2.24) is 9.97 Å². The molecule has 0 saturated heterocycles. The summed E-state index contributed by atoms with van der Waals surface area (Å²) < 4.78 is 23.1. The van der Waals surface area contributed by atoms with E-state index in [2.05, 4.69) is 9.97 Å². The summed E-state index contributed by atoms with van der Waals surface area (Å²) in [6.45, 7) is 1.95. The van der Waals surface area contributed by atoms with Gasteiger partial charge >= 0.3 is 0 Å². The lowest BCUT2D eigenvalue weighted by Gasteiger charge is -2.10. The minimum absolute atomic E-state index is 0.240. The first kappa shape index (κ1) is 20.3. The van der Waals surface area contributed by atoms with E-state index in [-0.39, 0.29) is 5.95 Å². The molecule has 2 N–H and O–H groups in total. The Labute approximate surface area is 170 Å². The van der Waals surface area contributed by atoms with E-state index >= 15 is 0 Å². The third kappa shape index (κ3) is 4.88. The van der Waals surface area contributed by atoms with E-state index in [4.69, 9.17) is 17.3 Å². The first-order chi connectivity index (χ1) is 13.2. The van der Waals surface area contributed by atoms with Gasteiger partial charge in [-0.3, -0.25) is 0 Å². The van der Waals surface area contributed by atoms with Crippen molar-refractivity contribution in [1.29, 1.82) is 0 Å². The Balaban J connectivity index is 1.71. The van der Waals surface area contributed by atoms with Crippen LogP contribution in [0.15, 0.2) is 53.4 Å². The van der Waals surface area contributed by atoms with Gasteiger partial charge in [-0.25, -0.2) is 18.4 Å². The second-order valence-corrected chi connectivity index (χ2v) is 9.21. The van der Waals surface area contributed by atoms with E-state index in [1.165, 1.54) is 6.26 Å². The highest BCUT2D eigenvalue weighted by Gasteiger charge is 2.10. The van der Waals surface area contributed by atoms with Gasteiger partial charge in [-0.05, 0) is 61.6 Å².